The summed E-state index contributed by atoms with van der Waals surface area (Å²) in [6, 6.07) is 18.2. The molecule has 0 spiro atoms. The Morgan fingerprint density at radius 3 is 1.60 bits per heavy atom. The molecule has 4 atom stereocenters. The van der Waals surface area contributed by atoms with Gasteiger partial charge in [-0.3, -0.25) is 9.59 Å². The van der Waals surface area contributed by atoms with Crippen LogP contribution >= 0.6 is 0 Å². The van der Waals surface area contributed by atoms with Crippen molar-refractivity contribution in [1.29, 1.82) is 0 Å². The van der Waals surface area contributed by atoms with Crippen LogP contribution in [0, 0.1) is 23.7 Å². The highest BCUT2D eigenvalue weighted by Crippen LogP contribution is 2.35. The Kier molecular flexibility index (Phi) is 11.7. The molecule has 4 amide bonds. The average Bonchev–Trinajstić information content (AvgIpc) is 4.05. The predicted molar refractivity (Wildman–Crippen MR) is 219 cm³/mol. The fourth-order valence-corrected chi connectivity index (χ4v) is 7.91. The molecule has 58 heavy (non-hydrogen) atoms. The lowest BCUT2D eigenvalue weighted by Crippen LogP contribution is -2.51. The molecule has 0 radical (unpaired) electrons. The molecular formula is C44H50N8O6. The van der Waals surface area contributed by atoms with E-state index in [1.54, 1.807) is 4.90 Å². The van der Waals surface area contributed by atoms with Gasteiger partial charge in [0, 0.05) is 24.2 Å². The smallest absolute Gasteiger partial charge is 0.407 e. The Morgan fingerprint density at radius 2 is 1.10 bits per heavy atom. The van der Waals surface area contributed by atoms with E-state index in [9.17, 15) is 19.2 Å². The summed E-state index contributed by atoms with van der Waals surface area (Å²) in [6.07, 6.45) is 1.98. The van der Waals surface area contributed by atoms with Crippen molar-refractivity contribution in [2.75, 3.05) is 27.3 Å². The van der Waals surface area contributed by atoms with Crippen LogP contribution < -0.4 is 10.6 Å². The van der Waals surface area contributed by atoms with Crippen LogP contribution in [0.25, 0.3) is 33.2 Å². The summed E-state index contributed by atoms with van der Waals surface area (Å²) < 4.78 is 9.52. The van der Waals surface area contributed by atoms with E-state index >= 15 is 0 Å². The van der Waals surface area contributed by atoms with Gasteiger partial charge in [0.05, 0.1) is 48.4 Å². The van der Waals surface area contributed by atoms with E-state index in [-0.39, 0.29) is 35.7 Å². The van der Waals surface area contributed by atoms with Gasteiger partial charge >= 0.3 is 12.2 Å². The minimum atomic E-state index is -0.696. The summed E-state index contributed by atoms with van der Waals surface area (Å²) in [5.74, 6) is 7.49. The van der Waals surface area contributed by atoms with Gasteiger partial charge in [0.15, 0.2) is 0 Å². The molecule has 4 heterocycles. The van der Waals surface area contributed by atoms with Crippen molar-refractivity contribution in [2.24, 2.45) is 11.8 Å². The first-order valence-electron chi connectivity index (χ1n) is 19.9. The molecule has 5 aromatic rings. The Bertz CT molecular complexity index is 2390. The number of imidazole rings is 2. The molecule has 2 aromatic heterocycles. The number of carbonyl (C=O) groups excluding carboxylic acids is 4. The molecule has 7 rings (SSSR count). The third kappa shape index (κ3) is 8.34. The summed E-state index contributed by atoms with van der Waals surface area (Å²) in [6.45, 7) is 8.77. The molecule has 2 aliphatic heterocycles. The lowest BCUT2D eigenvalue weighted by atomic mass is 10.0. The SMILES string of the molecule is COC(=O)NC(C(=O)N1CCCC1c1nc2ccc(C#Cc3ccc(-c4ccc5nc(C6CCCN6C(=O)C(NC(=O)OC)C(C)C)[nH]c5c4)cc3)cc2[nH]1)C(C)C. The number of ether oxygens (including phenoxy) is 2. The van der Waals surface area contributed by atoms with Crippen LogP contribution in [-0.4, -0.2) is 93.1 Å². The van der Waals surface area contributed by atoms with Gasteiger partial charge in [-0.25, -0.2) is 19.6 Å². The number of benzene rings is 3. The molecule has 3 aromatic carbocycles. The molecule has 0 bridgehead atoms. The largest absolute Gasteiger partial charge is 0.453 e. The molecule has 2 saturated heterocycles. The van der Waals surface area contributed by atoms with Crippen molar-refractivity contribution in [3.8, 4) is 23.0 Å². The number of aromatic amines is 2. The molecular weight excluding hydrogens is 737 g/mol. The second kappa shape index (κ2) is 17.0. The molecule has 0 saturated carbocycles. The number of methoxy groups -OCH3 is 2. The quantitative estimate of drug-likeness (QED) is 0.121. The highest BCUT2D eigenvalue weighted by atomic mass is 16.5. The highest BCUT2D eigenvalue weighted by molar-refractivity contribution is 5.88. The highest BCUT2D eigenvalue weighted by Gasteiger charge is 2.39. The van der Waals surface area contributed by atoms with Crippen LogP contribution in [0.1, 0.15) is 88.2 Å². The van der Waals surface area contributed by atoms with E-state index in [1.165, 1.54) is 14.2 Å². The zero-order valence-corrected chi connectivity index (χ0v) is 33.7. The Hall–Kier alpha value is -6.36. The average molecular weight is 787 g/mol. The Balaban J connectivity index is 1.03. The zero-order chi connectivity index (χ0) is 41.1. The minimum absolute atomic E-state index is 0.109. The predicted octanol–water partition coefficient (Wildman–Crippen LogP) is 6.59. The number of nitrogens with zero attached hydrogens (tertiary/aromatic N) is 4. The topological polar surface area (TPSA) is 175 Å². The van der Waals surface area contributed by atoms with Crippen LogP contribution in [0.4, 0.5) is 9.59 Å². The second-order valence-corrected chi connectivity index (χ2v) is 15.6. The monoisotopic (exact) mass is 786 g/mol. The lowest BCUT2D eigenvalue weighted by molar-refractivity contribution is -0.136. The lowest BCUT2D eigenvalue weighted by Gasteiger charge is -2.29. The third-order valence-electron chi connectivity index (χ3n) is 11.1. The van der Waals surface area contributed by atoms with E-state index in [2.05, 4.69) is 38.5 Å². The first kappa shape index (κ1) is 39.9. The molecule has 4 unspecified atom stereocenters. The van der Waals surface area contributed by atoms with Gasteiger partial charge in [-0.2, -0.15) is 0 Å². The van der Waals surface area contributed by atoms with Gasteiger partial charge in [-0.1, -0.05) is 57.7 Å². The van der Waals surface area contributed by atoms with Crippen LogP contribution in [0.5, 0.6) is 0 Å². The molecule has 4 N–H and O–H groups in total. The zero-order valence-electron chi connectivity index (χ0n) is 33.7. The van der Waals surface area contributed by atoms with Gasteiger partial charge in [-0.15, -0.1) is 0 Å². The van der Waals surface area contributed by atoms with Crippen molar-refractivity contribution in [3.63, 3.8) is 0 Å². The molecule has 2 fully saturated rings. The summed E-state index contributed by atoms with van der Waals surface area (Å²) in [7, 11) is 2.58. The minimum Gasteiger partial charge on any atom is -0.453 e. The van der Waals surface area contributed by atoms with E-state index in [0.29, 0.717) is 18.9 Å². The number of hydrogen-bond acceptors (Lipinski definition) is 8. The van der Waals surface area contributed by atoms with Gasteiger partial charge in [-0.05, 0) is 91.1 Å². The van der Waals surface area contributed by atoms with E-state index in [0.717, 1.165) is 75.8 Å². The second-order valence-electron chi connectivity index (χ2n) is 15.6. The number of nitrogens with one attached hydrogen (secondary N) is 4. The fraction of sp³-hybridized carbons (Fsp3) is 0.409. The summed E-state index contributed by atoms with van der Waals surface area (Å²) in [5, 5.41) is 5.40. The van der Waals surface area contributed by atoms with Crippen LogP contribution in [-0.2, 0) is 19.1 Å². The van der Waals surface area contributed by atoms with Gasteiger partial charge in [0.1, 0.15) is 23.7 Å². The molecule has 302 valence electrons. The van der Waals surface area contributed by atoms with Crippen LogP contribution in [0.15, 0.2) is 60.7 Å². The molecule has 14 heteroatoms. The summed E-state index contributed by atoms with van der Waals surface area (Å²) in [4.78, 5) is 71.3. The number of aromatic nitrogens is 4. The number of alkyl carbamates (subject to hydrolysis) is 2. The number of carbonyl (C=O) groups is 4. The maximum Gasteiger partial charge on any atom is 0.407 e. The number of likely N-dealkylation sites (tertiary alicyclic amines) is 2. The Labute approximate surface area is 337 Å². The van der Waals surface area contributed by atoms with E-state index in [4.69, 9.17) is 19.4 Å². The molecule has 14 nitrogen and oxygen atoms in total. The van der Waals surface area contributed by atoms with E-state index in [1.807, 2.05) is 87.2 Å². The maximum absolute atomic E-state index is 13.6. The van der Waals surface area contributed by atoms with Crippen LogP contribution in [0.3, 0.4) is 0 Å². The summed E-state index contributed by atoms with van der Waals surface area (Å²) in [5.41, 5.74) is 7.07. The van der Waals surface area contributed by atoms with Crippen molar-refractivity contribution >= 4 is 46.1 Å². The number of rotatable bonds is 9. The van der Waals surface area contributed by atoms with Gasteiger partial charge in [0.2, 0.25) is 11.8 Å². The van der Waals surface area contributed by atoms with E-state index < -0.39 is 24.3 Å². The van der Waals surface area contributed by atoms with Crippen molar-refractivity contribution in [2.45, 2.75) is 77.5 Å². The molecule has 0 aliphatic carbocycles. The number of hydrogen-bond donors (Lipinski definition) is 4. The van der Waals surface area contributed by atoms with Crippen LogP contribution in [0.2, 0.25) is 0 Å². The first-order valence-corrected chi connectivity index (χ1v) is 19.9. The first-order chi connectivity index (χ1) is 27.9. The number of fused-ring (bicyclic) bond motifs is 2. The van der Waals surface area contributed by atoms with Crippen molar-refractivity contribution in [3.05, 3.63) is 83.4 Å². The summed E-state index contributed by atoms with van der Waals surface area (Å²) >= 11 is 0. The maximum atomic E-state index is 13.6. The standard InChI is InChI=1S/C44H50N8O6/c1-25(2)37(49-43(55)57-5)41(53)51-21-7-9-35(51)39-45-31-19-15-28(23-33(31)47-39)12-11-27-13-16-29(17-14-27)30-18-20-32-34(24-30)48-40(46-32)36-10-8-22-52(36)42(54)38(26(3)4)50-44(56)58-6/h13-20,23-26,35-38H,7-10,21-22H2,1-6H3,(H,45,47)(H,46,48)(H,49,55)(H,50,56). The number of amides is 4. The van der Waals surface area contributed by atoms with Gasteiger partial charge in [0.25, 0.3) is 0 Å². The van der Waals surface area contributed by atoms with Crippen molar-refractivity contribution < 1.29 is 28.7 Å². The van der Waals surface area contributed by atoms with Crippen molar-refractivity contribution in [1.82, 2.24) is 40.4 Å². The third-order valence-corrected chi connectivity index (χ3v) is 11.1. The molecule has 2 aliphatic rings. The normalized spacial score (nSPS) is 17.7. The van der Waals surface area contributed by atoms with Gasteiger partial charge < -0.3 is 39.9 Å². The number of H-pyrrole nitrogens is 2. The fourth-order valence-electron chi connectivity index (χ4n) is 7.91. The Morgan fingerprint density at radius 1 is 0.655 bits per heavy atom.